The minimum Gasteiger partial charge on any atom is -0.504 e. The number of unbranched alkanes of at least 4 members (excludes halogenated alkanes) is 2. The molecule has 2 aromatic rings. The molecule has 0 saturated heterocycles. The molecular weight excluding hydrogens is 524 g/mol. The minimum atomic E-state index is -1.46. The first-order valence-corrected chi connectivity index (χ1v) is 14.7. The van der Waals surface area contributed by atoms with Crippen molar-refractivity contribution in [2.24, 2.45) is 11.8 Å². The molecule has 1 fully saturated rings. The van der Waals surface area contributed by atoms with E-state index in [0.717, 1.165) is 17.0 Å². The van der Waals surface area contributed by atoms with Gasteiger partial charge in [-0.25, -0.2) is 4.79 Å². The van der Waals surface area contributed by atoms with Gasteiger partial charge in [0.2, 0.25) is 0 Å². The Bertz CT molecular complexity index is 1130. The van der Waals surface area contributed by atoms with Gasteiger partial charge in [-0.15, -0.1) is 0 Å². The third-order valence-corrected chi connectivity index (χ3v) is 8.05. The average molecular weight is 569 g/mol. The van der Waals surface area contributed by atoms with Crippen LogP contribution in [0.1, 0.15) is 76.2 Å². The van der Waals surface area contributed by atoms with Crippen LogP contribution in [0.3, 0.4) is 0 Å². The van der Waals surface area contributed by atoms with Gasteiger partial charge in [-0.3, -0.25) is 4.79 Å². The van der Waals surface area contributed by atoms with Gasteiger partial charge in [0.05, 0.1) is 24.2 Å². The molecule has 0 radical (unpaired) electrons. The summed E-state index contributed by atoms with van der Waals surface area (Å²) in [6, 6.07) is 13.7. The monoisotopic (exact) mass is 568 g/mol. The van der Waals surface area contributed by atoms with E-state index in [1.165, 1.54) is 56.9 Å². The number of aliphatic carboxylic acids is 1. The molecule has 8 heteroatoms. The van der Waals surface area contributed by atoms with E-state index < -0.39 is 30.6 Å². The van der Waals surface area contributed by atoms with Crippen molar-refractivity contribution in [1.29, 1.82) is 0 Å². The van der Waals surface area contributed by atoms with Crippen LogP contribution in [0.2, 0.25) is 0 Å². The van der Waals surface area contributed by atoms with Crippen LogP contribution in [-0.2, 0) is 14.3 Å². The zero-order valence-electron chi connectivity index (χ0n) is 24.0. The summed E-state index contributed by atoms with van der Waals surface area (Å²) in [6.45, 7) is 4.82. The smallest absolute Gasteiger partial charge is 0.336 e. The number of benzene rings is 2. The number of carboxylic acid groups (broad SMARTS) is 1. The van der Waals surface area contributed by atoms with E-state index in [2.05, 4.69) is 37.8 Å². The van der Waals surface area contributed by atoms with Gasteiger partial charge in [-0.2, -0.15) is 0 Å². The number of ether oxygens (including phenoxy) is 2. The lowest BCUT2D eigenvalue weighted by Gasteiger charge is -2.29. The maximum absolute atomic E-state index is 12.2. The number of carboxylic acids is 1. The van der Waals surface area contributed by atoms with Gasteiger partial charge >= 0.3 is 11.9 Å². The molecule has 1 aliphatic carbocycles. The SMILES string of the molecule is C=C(C(=O)OCCOc1cc(-c2ccc(C3CCC(CCCCC)CC3)cc2)ccc1O)C(O)CC(CO)C(=O)O. The molecule has 41 heavy (non-hydrogen) atoms. The second-order valence-corrected chi connectivity index (χ2v) is 11.0. The van der Waals surface area contributed by atoms with Crippen molar-refractivity contribution in [2.45, 2.75) is 76.7 Å². The number of phenolic OH excluding ortho intramolecular Hbond substituents is 1. The van der Waals surface area contributed by atoms with Crippen molar-refractivity contribution < 1.29 is 39.5 Å². The molecule has 8 nitrogen and oxygen atoms in total. The first-order valence-electron chi connectivity index (χ1n) is 14.7. The summed E-state index contributed by atoms with van der Waals surface area (Å²) in [5, 5.41) is 38.4. The van der Waals surface area contributed by atoms with Crippen molar-refractivity contribution in [3.8, 4) is 22.6 Å². The third-order valence-electron chi connectivity index (χ3n) is 8.05. The Labute approximate surface area is 242 Å². The van der Waals surface area contributed by atoms with E-state index in [1.807, 2.05) is 6.07 Å². The van der Waals surface area contributed by atoms with Crippen molar-refractivity contribution in [3.05, 3.63) is 60.2 Å². The molecule has 0 amide bonds. The Morgan fingerprint density at radius 3 is 2.32 bits per heavy atom. The first-order chi connectivity index (χ1) is 19.7. The highest BCUT2D eigenvalue weighted by atomic mass is 16.6. The zero-order chi connectivity index (χ0) is 29.8. The number of aliphatic hydroxyl groups is 2. The molecular formula is C33H44O8. The molecule has 2 unspecified atom stereocenters. The van der Waals surface area contributed by atoms with E-state index >= 15 is 0 Å². The Hall–Kier alpha value is -3.36. The molecule has 3 rings (SSSR count). The van der Waals surface area contributed by atoms with Crippen LogP contribution in [-0.4, -0.2) is 58.3 Å². The van der Waals surface area contributed by atoms with Gasteiger partial charge in [0.15, 0.2) is 11.5 Å². The van der Waals surface area contributed by atoms with E-state index in [4.69, 9.17) is 19.7 Å². The number of esters is 1. The largest absolute Gasteiger partial charge is 0.504 e. The molecule has 4 N–H and O–H groups in total. The van der Waals surface area contributed by atoms with E-state index in [9.17, 15) is 19.8 Å². The maximum Gasteiger partial charge on any atom is 0.336 e. The van der Waals surface area contributed by atoms with Crippen LogP contribution in [0.15, 0.2) is 54.6 Å². The number of rotatable bonds is 16. The fraction of sp³-hybridized carbons (Fsp3) is 0.515. The van der Waals surface area contributed by atoms with Gasteiger partial charge in [0, 0.05) is 0 Å². The summed E-state index contributed by atoms with van der Waals surface area (Å²) in [6.07, 6.45) is 8.63. The molecule has 0 aliphatic heterocycles. The Balaban J connectivity index is 1.48. The average Bonchev–Trinajstić information content (AvgIpc) is 2.98. The lowest BCUT2D eigenvalue weighted by atomic mass is 9.77. The topological polar surface area (TPSA) is 134 Å². The molecule has 0 spiro atoms. The summed E-state index contributed by atoms with van der Waals surface area (Å²) in [5.41, 5.74) is 2.96. The second-order valence-electron chi connectivity index (χ2n) is 11.0. The number of carbonyl (C=O) groups is 2. The number of carbonyl (C=O) groups excluding carboxylic acids is 1. The summed E-state index contributed by atoms with van der Waals surface area (Å²) < 4.78 is 10.7. The predicted molar refractivity (Wildman–Crippen MR) is 157 cm³/mol. The number of phenols is 1. The standard InChI is InChI=1S/C33H44O8/c1-3-4-5-6-23-7-9-24(10-8-23)25-11-13-26(14-12-25)27-15-16-29(35)31(20-27)40-17-18-41-33(39)22(2)30(36)19-28(21-34)32(37)38/h11-16,20,23-24,28,30,34-36H,2-10,17-19,21H2,1H3,(H,37,38). The lowest BCUT2D eigenvalue weighted by Crippen LogP contribution is -2.28. The fourth-order valence-corrected chi connectivity index (χ4v) is 5.40. The van der Waals surface area contributed by atoms with Gasteiger partial charge in [0.1, 0.15) is 13.2 Å². The van der Waals surface area contributed by atoms with Gasteiger partial charge < -0.3 is 29.9 Å². The molecule has 1 aliphatic rings. The number of aliphatic hydroxyl groups excluding tert-OH is 2. The molecule has 0 aromatic heterocycles. The molecule has 0 bridgehead atoms. The highest BCUT2D eigenvalue weighted by molar-refractivity contribution is 5.89. The minimum absolute atomic E-state index is 0.0454. The molecule has 2 aromatic carbocycles. The second kappa shape index (κ2) is 16.2. The normalized spacial score (nSPS) is 18.3. The lowest BCUT2D eigenvalue weighted by molar-refractivity contribution is -0.145. The van der Waals surface area contributed by atoms with Crippen LogP contribution in [0.25, 0.3) is 11.1 Å². The quantitative estimate of drug-likeness (QED) is 0.113. The van der Waals surface area contributed by atoms with Crippen LogP contribution >= 0.6 is 0 Å². The van der Waals surface area contributed by atoms with Crippen LogP contribution in [0, 0.1) is 11.8 Å². The van der Waals surface area contributed by atoms with Crippen LogP contribution in [0.4, 0.5) is 0 Å². The first kappa shape index (κ1) is 32.2. The molecule has 2 atom stereocenters. The maximum atomic E-state index is 12.2. The van der Waals surface area contributed by atoms with Crippen LogP contribution < -0.4 is 4.74 Å². The highest BCUT2D eigenvalue weighted by Gasteiger charge is 2.26. The van der Waals surface area contributed by atoms with Gasteiger partial charge in [-0.05, 0) is 72.8 Å². The number of aromatic hydroxyl groups is 1. The Kier molecular flexibility index (Phi) is 12.7. The zero-order valence-corrected chi connectivity index (χ0v) is 24.0. The number of hydrogen-bond donors (Lipinski definition) is 4. The van der Waals surface area contributed by atoms with Crippen LogP contribution in [0.5, 0.6) is 11.5 Å². The van der Waals surface area contributed by atoms with Crippen molar-refractivity contribution in [1.82, 2.24) is 0 Å². The summed E-state index contributed by atoms with van der Waals surface area (Å²) in [5.74, 6) is -1.71. The van der Waals surface area contributed by atoms with E-state index in [0.29, 0.717) is 5.92 Å². The number of hydrogen-bond acceptors (Lipinski definition) is 7. The highest BCUT2D eigenvalue weighted by Crippen LogP contribution is 2.39. The fourth-order valence-electron chi connectivity index (χ4n) is 5.40. The molecule has 1 saturated carbocycles. The molecule has 0 heterocycles. The Morgan fingerprint density at radius 1 is 1.00 bits per heavy atom. The van der Waals surface area contributed by atoms with Gasteiger partial charge in [-0.1, -0.05) is 69.5 Å². The summed E-state index contributed by atoms with van der Waals surface area (Å²) >= 11 is 0. The van der Waals surface area contributed by atoms with E-state index in [-0.39, 0.29) is 36.7 Å². The Morgan fingerprint density at radius 2 is 1.68 bits per heavy atom. The summed E-state index contributed by atoms with van der Waals surface area (Å²) in [7, 11) is 0. The summed E-state index contributed by atoms with van der Waals surface area (Å²) in [4.78, 5) is 23.2. The van der Waals surface area contributed by atoms with E-state index in [1.54, 1.807) is 12.1 Å². The van der Waals surface area contributed by atoms with Crippen molar-refractivity contribution in [3.63, 3.8) is 0 Å². The molecule has 224 valence electrons. The van der Waals surface area contributed by atoms with Gasteiger partial charge in [0.25, 0.3) is 0 Å². The van der Waals surface area contributed by atoms with Crippen molar-refractivity contribution >= 4 is 11.9 Å². The van der Waals surface area contributed by atoms with Crippen molar-refractivity contribution in [2.75, 3.05) is 19.8 Å². The predicted octanol–water partition coefficient (Wildman–Crippen LogP) is 5.84. The third kappa shape index (κ3) is 9.61.